The third-order valence-electron chi connectivity index (χ3n) is 3.88. The third kappa shape index (κ3) is 7.30. The number of likely N-dealkylation sites (N-methyl/N-ethyl adjacent to an activating group) is 1. The van der Waals surface area contributed by atoms with Crippen LogP contribution in [0.5, 0.6) is 5.75 Å². The number of piperazine rings is 1. The van der Waals surface area contributed by atoms with Crippen LogP contribution in [0, 0.1) is 11.8 Å². The van der Waals surface area contributed by atoms with Crippen LogP contribution in [-0.2, 0) is 0 Å². The van der Waals surface area contributed by atoms with Gasteiger partial charge in [0.25, 0.3) is 0 Å². The molecule has 0 aliphatic carbocycles. The van der Waals surface area contributed by atoms with Gasteiger partial charge in [0.2, 0.25) is 0 Å². The molecule has 1 aromatic carbocycles. The molecule has 0 unspecified atom stereocenters. The molecule has 0 saturated carbocycles. The van der Waals surface area contributed by atoms with Gasteiger partial charge in [0.15, 0.2) is 0 Å². The van der Waals surface area contributed by atoms with Crippen molar-refractivity contribution in [3.8, 4) is 17.6 Å². The molecule has 1 aromatic rings. The van der Waals surface area contributed by atoms with Crippen molar-refractivity contribution in [2.75, 3.05) is 52.1 Å². The predicted octanol–water partition coefficient (Wildman–Crippen LogP) is 3.21. The second-order valence-electron chi connectivity index (χ2n) is 5.86. The van der Waals surface area contributed by atoms with Crippen LogP contribution in [0.3, 0.4) is 0 Å². The van der Waals surface area contributed by atoms with Crippen LogP contribution in [-0.4, -0.2) is 61.9 Å². The highest BCUT2D eigenvalue weighted by Crippen LogP contribution is 2.21. The van der Waals surface area contributed by atoms with Gasteiger partial charge in [-0.2, -0.15) is 0 Å². The summed E-state index contributed by atoms with van der Waals surface area (Å²) in [5.74, 6) is 8.39. The fourth-order valence-electron chi connectivity index (χ4n) is 2.40. The van der Waals surface area contributed by atoms with Gasteiger partial charge in [0, 0.05) is 44.0 Å². The van der Waals surface area contributed by atoms with Gasteiger partial charge in [-0.05, 0) is 37.7 Å². The summed E-state index contributed by atoms with van der Waals surface area (Å²) in [5.41, 5.74) is 0. The van der Waals surface area contributed by atoms with E-state index in [4.69, 9.17) is 4.74 Å². The van der Waals surface area contributed by atoms with Crippen LogP contribution >= 0.6 is 11.8 Å². The van der Waals surface area contributed by atoms with Gasteiger partial charge in [-0.1, -0.05) is 12.8 Å². The van der Waals surface area contributed by atoms with E-state index in [0.29, 0.717) is 0 Å². The Bertz CT molecular complexity index is 498. The summed E-state index contributed by atoms with van der Waals surface area (Å²) in [6.07, 6.45) is 2.02. The van der Waals surface area contributed by atoms with Crippen LogP contribution < -0.4 is 4.74 Å². The standard InChI is InChI=1S/C19H28N2OS/c1-3-16-22-18-7-9-19(10-8-18)23-17-6-4-5-11-21-14-12-20(2)13-15-21/h7-10H,3,5,11-17H2,1-2H3. The lowest BCUT2D eigenvalue weighted by Crippen LogP contribution is -2.44. The Balaban J connectivity index is 1.59. The van der Waals surface area contributed by atoms with E-state index in [1.165, 1.54) is 31.1 Å². The van der Waals surface area contributed by atoms with Crippen LogP contribution in [0.4, 0.5) is 0 Å². The minimum Gasteiger partial charge on any atom is -0.494 e. The summed E-state index contributed by atoms with van der Waals surface area (Å²) in [6, 6.07) is 8.31. The van der Waals surface area contributed by atoms with Crippen LogP contribution in [0.1, 0.15) is 19.8 Å². The van der Waals surface area contributed by atoms with Crippen molar-refractivity contribution < 1.29 is 4.74 Å². The molecule has 2 rings (SSSR count). The summed E-state index contributed by atoms with van der Waals surface area (Å²) < 4.78 is 5.59. The van der Waals surface area contributed by atoms with E-state index >= 15 is 0 Å². The second kappa shape index (κ2) is 10.6. The van der Waals surface area contributed by atoms with Gasteiger partial charge in [-0.25, -0.2) is 0 Å². The highest BCUT2D eigenvalue weighted by Gasteiger charge is 2.11. The predicted molar refractivity (Wildman–Crippen MR) is 99.3 cm³/mol. The summed E-state index contributed by atoms with van der Waals surface area (Å²) in [5, 5.41) is 0. The molecule has 0 spiro atoms. The van der Waals surface area contributed by atoms with Gasteiger partial charge in [0.1, 0.15) is 5.75 Å². The van der Waals surface area contributed by atoms with E-state index in [-0.39, 0.29) is 0 Å². The first-order valence-electron chi connectivity index (χ1n) is 8.50. The zero-order chi connectivity index (χ0) is 16.3. The van der Waals surface area contributed by atoms with Crippen LogP contribution in [0.15, 0.2) is 29.2 Å². The van der Waals surface area contributed by atoms with Crippen LogP contribution in [0.25, 0.3) is 0 Å². The van der Waals surface area contributed by atoms with Gasteiger partial charge in [-0.15, -0.1) is 17.7 Å². The highest BCUT2D eigenvalue weighted by molar-refractivity contribution is 7.99. The average molecular weight is 333 g/mol. The molecule has 1 aliphatic heterocycles. The van der Waals surface area contributed by atoms with E-state index in [1.54, 1.807) is 11.8 Å². The molecule has 1 saturated heterocycles. The molecule has 1 heterocycles. The number of hydrogen-bond donors (Lipinski definition) is 0. The summed E-state index contributed by atoms with van der Waals surface area (Å²) in [4.78, 5) is 6.15. The van der Waals surface area contributed by atoms with E-state index in [9.17, 15) is 0 Å². The van der Waals surface area contributed by atoms with E-state index in [2.05, 4.69) is 47.7 Å². The largest absolute Gasteiger partial charge is 0.494 e. The van der Waals surface area contributed by atoms with E-state index < -0.39 is 0 Å². The van der Waals surface area contributed by atoms with Crippen molar-refractivity contribution in [3.63, 3.8) is 0 Å². The number of nitrogens with zero attached hydrogens (tertiary/aromatic N) is 2. The van der Waals surface area contributed by atoms with E-state index in [0.717, 1.165) is 37.5 Å². The number of hydrogen-bond acceptors (Lipinski definition) is 4. The van der Waals surface area contributed by atoms with Gasteiger partial charge in [0.05, 0.1) is 12.4 Å². The normalized spacial score (nSPS) is 15.9. The van der Waals surface area contributed by atoms with E-state index in [1.807, 2.05) is 12.1 Å². The smallest absolute Gasteiger partial charge is 0.119 e. The lowest BCUT2D eigenvalue weighted by molar-refractivity contribution is 0.157. The fraction of sp³-hybridized carbons (Fsp3) is 0.579. The highest BCUT2D eigenvalue weighted by atomic mass is 32.2. The number of ether oxygens (including phenoxy) is 1. The SMILES string of the molecule is CCCOc1ccc(SCC#CCCN2CCN(C)CC2)cc1. The molecule has 0 aromatic heterocycles. The van der Waals surface area contributed by atoms with Crippen molar-refractivity contribution in [3.05, 3.63) is 24.3 Å². The molecule has 0 bridgehead atoms. The first kappa shape index (κ1) is 18.2. The van der Waals surface area contributed by atoms with Gasteiger partial charge < -0.3 is 9.64 Å². The van der Waals surface area contributed by atoms with Gasteiger partial charge in [-0.3, -0.25) is 4.90 Å². The Morgan fingerprint density at radius 1 is 1.09 bits per heavy atom. The lowest BCUT2D eigenvalue weighted by atomic mass is 10.3. The average Bonchev–Trinajstić information content (AvgIpc) is 2.59. The minimum atomic E-state index is 0.783. The number of benzene rings is 1. The lowest BCUT2D eigenvalue weighted by Gasteiger charge is -2.31. The molecular weight excluding hydrogens is 304 g/mol. The molecule has 0 atom stereocenters. The molecule has 1 fully saturated rings. The fourth-order valence-corrected chi connectivity index (χ4v) is 3.07. The first-order chi connectivity index (χ1) is 11.3. The maximum atomic E-state index is 5.59. The number of thioether (sulfide) groups is 1. The molecule has 23 heavy (non-hydrogen) atoms. The molecule has 4 heteroatoms. The molecule has 1 aliphatic rings. The van der Waals surface area contributed by atoms with Gasteiger partial charge >= 0.3 is 0 Å². The molecule has 0 amide bonds. The molecule has 3 nitrogen and oxygen atoms in total. The maximum Gasteiger partial charge on any atom is 0.119 e. The quantitative estimate of drug-likeness (QED) is 0.562. The molecule has 0 radical (unpaired) electrons. The summed E-state index contributed by atoms with van der Waals surface area (Å²) >= 11 is 1.79. The van der Waals surface area contributed by atoms with Crippen molar-refractivity contribution in [1.82, 2.24) is 9.80 Å². The zero-order valence-corrected chi connectivity index (χ0v) is 15.2. The second-order valence-corrected chi connectivity index (χ2v) is 6.91. The number of rotatable bonds is 7. The molecule has 0 N–H and O–H groups in total. The first-order valence-corrected chi connectivity index (χ1v) is 9.49. The monoisotopic (exact) mass is 332 g/mol. The minimum absolute atomic E-state index is 0.783. The maximum absolute atomic E-state index is 5.59. The summed E-state index contributed by atoms with van der Waals surface area (Å²) in [7, 11) is 2.19. The Kier molecular flexibility index (Phi) is 8.38. The third-order valence-corrected chi connectivity index (χ3v) is 4.78. The topological polar surface area (TPSA) is 15.7 Å². The Morgan fingerprint density at radius 3 is 2.52 bits per heavy atom. The van der Waals surface area contributed by atoms with Crippen molar-refractivity contribution in [2.45, 2.75) is 24.7 Å². The Hall–Kier alpha value is -1.15. The Labute approximate surface area is 145 Å². The van der Waals surface area contributed by atoms with Crippen molar-refractivity contribution in [2.24, 2.45) is 0 Å². The summed E-state index contributed by atoms with van der Waals surface area (Å²) in [6.45, 7) is 8.73. The molecule has 126 valence electrons. The van der Waals surface area contributed by atoms with Crippen molar-refractivity contribution in [1.29, 1.82) is 0 Å². The van der Waals surface area contributed by atoms with Crippen molar-refractivity contribution >= 4 is 11.8 Å². The Morgan fingerprint density at radius 2 is 1.83 bits per heavy atom. The molecular formula is C19H28N2OS. The zero-order valence-electron chi connectivity index (χ0n) is 14.4. The van der Waals surface area contributed by atoms with Crippen LogP contribution in [0.2, 0.25) is 0 Å².